The first-order valence-electron chi connectivity index (χ1n) is 6.47. The molecule has 1 N–H and O–H groups in total. The third-order valence-electron chi connectivity index (χ3n) is 3.31. The molecule has 1 aromatic rings. The van der Waals surface area contributed by atoms with Gasteiger partial charge in [-0.15, -0.1) is 0 Å². The van der Waals surface area contributed by atoms with Crippen molar-refractivity contribution in [2.75, 3.05) is 13.1 Å². The van der Waals surface area contributed by atoms with Gasteiger partial charge >= 0.3 is 21.7 Å². The number of hydrogen-bond donors (Lipinski definition) is 1. The molecule has 0 bridgehead atoms. The van der Waals surface area contributed by atoms with Gasteiger partial charge in [0.25, 0.3) is 0 Å². The smallest absolute Gasteiger partial charge is 0.465 e. The molecule has 1 saturated heterocycles. The Labute approximate surface area is 129 Å². The molecule has 1 aliphatic rings. The summed E-state index contributed by atoms with van der Waals surface area (Å²) in [6.45, 7) is 1.88. The van der Waals surface area contributed by atoms with Crippen LogP contribution >= 0.6 is 0 Å². The third kappa shape index (κ3) is 3.84. The molecule has 1 unspecified atom stereocenters. The zero-order valence-electron chi connectivity index (χ0n) is 11.9. The van der Waals surface area contributed by atoms with E-state index in [9.17, 15) is 26.4 Å². The van der Waals surface area contributed by atoms with Crippen LogP contribution in [0.3, 0.4) is 0 Å². The van der Waals surface area contributed by atoms with Gasteiger partial charge in [0.1, 0.15) is 5.75 Å². The zero-order valence-corrected chi connectivity index (χ0v) is 12.7. The molecular formula is C12H13F3N2O5S. The fourth-order valence-corrected chi connectivity index (χ4v) is 2.71. The molecule has 0 spiro atoms. The van der Waals surface area contributed by atoms with Crippen molar-refractivity contribution in [2.24, 2.45) is 0 Å². The summed E-state index contributed by atoms with van der Waals surface area (Å²) in [6, 6.07) is 2.16. The maximum absolute atomic E-state index is 12.4. The van der Waals surface area contributed by atoms with Crippen LogP contribution in [0.5, 0.6) is 5.75 Å². The molecule has 1 amide bonds. The lowest BCUT2D eigenvalue weighted by Crippen LogP contribution is -2.28. The minimum Gasteiger partial charge on any atom is -0.465 e. The Morgan fingerprint density at radius 3 is 2.61 bits per heavy atom. The number of carboxylic acid groups (broad SMARTS) is 1. The standard InChI is InChI=1S/C12H13F3N2O5S/c1-7-4-9(22-23(20,21)12(13,14)15)5-10(16-7)8-2-3-17(6-8)11(18)19/h4-5,8H,2-3,6H2,1H3,(H,18,19). The number of halogens is 3. The van der Waals surface area contributed by atoms with Crippen molar-refractivity contribution in [1.82, 2.24) is 9.88 Å². The maximum Gasteiger partial charge on any atom is 0.534 e. The highest BCUT2D eigenvalue weighted by atomic mass is 32.2. The number of likely N-dealkylation sites (tertiary alicyclic amines) is 1. The van der Waals surface area contributed by atoms with E-state index in [1.807, 2.05) is 0 Å². The van der Waals surface area contributed by atoms with Crippen LogP contribution in [-0.2, 0) is 10.1 Å². The van der Waals surface area contributed by atoms with Gasteiger partial charge in [0.2, 0.25) is 0 Å². The van der Waals surface area contributed by atoms with E-state index in [0.29, 0.717) is 12.1 Å². The van der Waals surface area contributed by atoms with Crippen LogP contribution in [-0.4, -0.2) is 48.1 Å². The second-order valence-electron chi connectivity index (χ2n) is 5.07. The second-order valence-corrected chi connectivity index (χ2v) is 6.60. The number of rotatable bonds is 3. The van der Waals surface area contributed by atoms with E-state index >= 15 is 0 Å². The van der Waals surface area contributed by atoms with Gasteiger partial charge in [0.15, 0.2) is 0 Å². The molecule has 1 atom stereocenters. The van der Waals surface area contributed by atoms with Crippen LogP contribution in [0.15, 0.2) is 12.1 Å². The number of carbonyl (C=O) groups is 1. The Bertz CT molecular complexity index is 720. The number of nitrogens with zero attached hydrogens (tertiary/aromatic N) is 2. The zero-order chi connectivity index (χ0) is 17.4. The average molecular weight is 354 g/mol. The van der Waals surface area contributed by atoms with Gasteiger partial charge in [-0.25, -0.2) is 4.79 Å². The Hall–Kier alpha value is -2.04. The van der Waals surface area contributed by atoms with Gasteiger partial charge in [-0.2, -0.15) is 21.6 Å². The molecule has 0 aromatic carbocycles. The summed E-state index contributed by atoms with van der Waals surface area (Å²) in [5.41, 5.74) is -4.97. The number of amides is 1. The third-order valence-corrected chi connectivity index (χ3v) is 4.29. The average Bonchev–Trinajstić information content (AvgIpc) is 2.85. The van der Waals surface area contributed by atoms with Crippen molar-refractivity contribution in [3.63, 3.8) is 0 Å². The lowest BCUT2D eigenvalue weighted by atomic mass is 10.0. The Kier molecular flexibility index (Phi) is 4.42. The van der Waals surface area contributed by atoms with Crippen molar-refractivity contribution in [3.8, 4) is 5.75 Å². The number of aryl methyl sites for hydroxylation is 1. The van der Waals surface area contributed by atoms with Crippen LogP contribution < -0.4 is 4.18 Å². The van der Waals surface area contributed by atoms with E-state index in [4.69, 9.17) is 5.11 Å². The summed E-state index contributed by atoms with van der Waals surface area (Å²) in [6.07, 6.45) is -0.662. The molecule has 1 aliphatic heterocycles. The first-order chi connectivity index (χ1) is 10.5. The summed E-state index contributed by atoms with van der Waals surface area (Å²) in [7, 11) is -5.76. The van der Waals surface area contributed by atoms with Gasteiger partial charge in [-0.1, -0.05) is 0 Å². The molecular weight excluding hydrogens is 341 g/mol. The van der Waals surface area contributed by atoms with Crippen molar-refractivity contribution in [3.05, 3.63) is 23.5 Å². The monoisotopic (exact) mass is 354 g/mol. The van der Waals surface area contributed by atoms with Crippen molar-refractivity contribution in [2.45, 2.75) is 24.8 Å². The Balaban J connectivity index is 2.25. The minimum atomic E-state index is -5.76. The summed E-state index contributed by atoms with van der Waals surface area (Å²) in [5.74, 6) is -0.833. The number of alkyl halides is 3. The van der Waals surface area contributed by atoms with Gasteiger partial charge in [0.05, 0.1) is 0 Å². The fourth-order valence-electron chi connectivity index (χ4n) is 2.27. The Morgan fingerprint density at radius 1 is 1.43 bits per heavy atom. The van der Waals surface area contributed by atoms with E-state index in [0.717, 1.165) is 17.0 Å². The predicted molar refractivity (Wildman–Crippen MR) is 71.5 cm³/mol. The molecule has 2 rings (SSSR count). The first kappa shape index (κ1) is 17.3. The van der Waals surface area contributed by atoms with E-state index in [1.165, 1.54) is 6.92 Å². The normalized spacial score (nSPS) is 19.0. The van der Waals surface area contributed by atoms with Crippen molar-refractivity contribution < 1.29 is 35.7 Å². The topological polar surface area (TPSA) is 96.8 Å². The van der Waals surface area contributed by atoms with Gasteiger partial charge in [-0.3, -0.25) is 4.98 Å². The van der Waals surface area contributed by atoms with Crippen LogP contribution in [0.2, 0.25) is 0 Å². The number of aromatic nitrogens is 1. The Morgan fingerprint density at radius 2 is 2.09 bits per heavy atom. The SMILES string of the molecule is Cc1cc(OS(=O)(=O)C(F)(F)F)cc(C2CCN(C(=O)O)C2)n1. The van der Waals surface area contributed by atoms with Crippen LogP contribution in [0, 0.1) is 6.92 Å². The van der Waals surface area contributed by atoms with E-state index in [1.54, 1.807) is 0 Å². The molecule has 2 heterocycles. The largest absolute Gasteiger partial charge is 0.534 e. The highest BCUT2D eigenvalue weighted by Gasteiger charge is 2.48. The molecule has 128 valence electrons. The lowest BCUT2D eigenvalue weighted by molar-refractivity contribution is -0.0500. The first-order valence-corrected chi connectivity index (χ1v) is 7.87. The number of pyridine rings is 1. The van der Waals surface area contributed by atoms with Gasteiger partial charge in [0, 0.05) is 42.5 Å². The number of hydrogen-bond acceptors (Lipinski definition) is 5. The molecule has 11 heteroatoms. The summed E-state index contributed by atoms with van der Waals surface area (Å²) >= 11 is 0. The second kappa shape index (κ2) is 5.87. The van der Waals surface area contributed by atoms with Crippen molar-refractivity contribution >= 4 is 16.2 Å². The van der Waals surface area contributed by atoms with E-state index < -0.39 is 27.5 Å². The van der Waals surface area contributed by atoms with Gasteiger partial charge in [-0.05, 0) is 13.3 Å². The lowest BCUT2D eigenvalue weighted by Gasteiger charge is -2.14. The van der Waals surface area contributed by atoms with Crippen LogP contribution in [0.4, 0.5) is 18.0 Å². The molecule has 0 aliphatic carbocycles. The molecule has 1 aromatic heterocycles. The predicted octanol–water partition coefficient (Wildman–Crippen LogP) is 2.09. The maximum atomic E-state index is 12.4. The van der Waals surface area contributed by atoms with Crippen LogP contribution in [0.25, 0.3) is 0 Å². The molecule has 0 saturated carbocycles. The fraction of sp³-hybridized carbons (Fsp3) is 0.500. The van der Waals surface area contributed by atoms with Crippen molar-refractivity contribution in [1.29, 1.82) is 0 Å². The van der Waals surface area contributed by atoms with E-state index in [2.05, 4.69) is 9.17 Å². The summed E-state index contributed by atoms with van der Waals surface area (Å²) in [4.78, 5) is 16.2. The highest BCUT2D eigenvalue weighted by Crippen LogP contribution is 2.31. The van der Waals surface area contributed by atoms with Crippen LogP contribution in [0.1, 0.15) is 23.7 Å². The quantitative estimate of drug-likeness (QED) is 0.659. The molecule has 1 fully saturated rings. The minimum absolute atomic E-state index is 0.136. The van der Waals surface area contributed by atoms with Gasteiger partial charge < -0.3 is 14.2 Å². The molecule has 7 nitrogen and oxygen atoms in total. The summed E-state index contributed by atoms with van der Waals surface area (Å²) in [5, 5.41) is 8.91. The summed E-state index contributed by atoms with van der Waals surface area (Å²) < 4.78 is 63.3. The molecule has 23 heavy (non-hydrogen) atoms. The molecule has 0 radical (unpaired) electrons. The van der Waals surface area contributed by atoms with E-state index in [-0.39, 0.29) is 24.7 Å². The highest BCUT2D eigenvalue weighted by molar-refractivity contribution is 7.88.